The SMILES string of the molecule is O=C(NCc1c(F)cccc1Cl)c1cc2scc(C(=O)O)c2[nH]1. The summed E-state index contributed by atoms with van der Waals surface area (Å²) in [5.74, 6) is -2.04. The van der Waals surface area contributed by atoms with Gasteiger partial charge < -0.3 is 15.4 Å². The number of fused-ring (bicyclic) bond motifs is 1. The molecule has 1 amide bonds. The number of carboxylic acids is 1. The Labute approximate surface area is 138 Å². The fraction of sp³-hybridized carbons (Fsp3) is 0.0667. The highest BCUT2D eigenvalue weighted by atomic mass is 35.5. The first-order valence-electron chi connectivity index (χ1n) is 6.52. The molecular formula is C15H10ClFN2O3S. The zero-order valence-electron chi connectivity index (χ0n) is 11.5. The normalized spacial score (nSPS) is 10.9. The van der Waals surface area contributed by atoms with Crippen molar-refractivity contribution in [2.24, 2.45) is 0 Å². The second kappa shape index (κ2) is 6.02. The Morgan fingerprint density at radius 3 is 2.87 bits per heavy atom. The number of carbonyl (C=O) groups excluding carboxylic acids is 1. The smallest absolute Gasteiger partial charge is 0.338 e. The second-order valence-electron chi connectivity index (χ2n) is 4.76. The van der Waals surface area contributed by atoms with E-state index in [-0.39, 0.29) is 28.4 Å². The number of benzene rings is 1. The third-order valence-electron chi connectivity index (χ3n) is 3.32. The lowest BCUT2D eigenvalue weighted by atomic mass is 10.2. The monoisotopic (exact) mass is 352 g/mol. The van der Waals surface area contributed by atoms with Crippen molar-refractivity contribution >= 4 is 45.0 Å². The molecule has 2 heterocycles. The molecule has 0 spiro atoms. The summed E-state index contributed by atoms with van der Waals surface area (Å²) in [7, 11) is 0. The van der Waals surface area contributed by atoms with Gasteiger partial charge in [-0.1, -0.05) is 17.7 Å². The molecule has 3 aromatic rings. The number of hydrogen-bond acceptors (Lipinski definition) is 3. The van der Waals surface area contributed by atoms with Gasteiger partial charge in [-0.25, -0.2) is 9.18 Å². The zero-order valence-corrected chi connectivity index (χ0v) is 13.1. The summed E-state index contributed by atoms with van der Waals surface area (Å²) in [6.07, 6.45) is 0. The third kappa shape index (κ3) is 2.93. The average Bonchev–Trinajstić information content (AvgIpc) is 3.06. The van der Waals surface area contributed by atoms with E-state index in [4.69, 9.17) is 16.7 Å². The molecule has 118 valence electrons. The van der Waals surface area contributed by atoms with Gasteiger partial charge in [0.1, 0.15) is 11.5 Å². The molecule has 0 aliphatic carbocycles. The standard InChI is InChI=1S/C15H10ClFN2O3S/c16-9-2-1-3-10(17)7(9)5-18-14(20)11-4-12-13(19-11)8(6-23-12)15(21)22/h1-4,6,19H,5H2,(H,18,20)(H,21,22). The molecule has 5 nitrogen and oxygen atoms in total. The van der Waals surface area contributed by atoms with Gasteiger partial charge in [0.05, 0.1) is 15.8 Å². The predicted molar refractivity (Wildman–Crippen MR) is 85.7 cm³/mol. The number of nitrogens with one attached hydrogen (secondary N) is 2. The van der Waals surface area contributed by atoms with Crippen LogP contribution in [-0.2, 0) is 6.54 Å². The molecule has 3 rings (SSSR count). The van der Waals surface area contributed by atoms with E-state index in [0.717, 1.165) is 0 Å². The number of aromatic amines is 1. The maximum atomic E-state index is 13.7. The van der Waals surface area contributed by atoms with Crippen molar-refractivity contribution in [2.75, 3.05) is 0 Å². The molecule has 0 radical (unpaired) electrons. The molecular weight excluding hydrogens is 343 g/mol. The van der Waals surface area contributed by atoms with Crippen LogP contribution in [0.3, 0.4) is 0 Å². The summed E-state index contributed by atoms with van der Waals surface area (Å²) in [4.78, 5) is 26.0. The number of H-pyrrole nitrogens is 1. The Balaban J connectivity index is 1.80. The number of hydrogen-bond donors (Lipinski definition) is 3. The van der Waals surface area contributed by atoms with Crippen molar-refractivity contribution in [3.8, 4) is 0 Å². The van der Waals surface area contributed by atoms with Gasteiger partial charge in [0.15, 0.2) is 0 Å². The minimum Gasteiger partial charge on any atom is -0.478 e. The van der Waals surface area contributed by atoms with Crippen LogP contribution in [-0.4, -0.2) is 22.0 Å². The van der Waals surface area contributed by atoms with E-state index in [1.165, 1.54) is 34.9 Å². The summed E-state index contributed by atoms with van der Waals surface area (Å²) in [5.41, 5.74) is 0.918. The molecule has 0 saturated carbocycles. The fourth-order valence-electron chi connectivity index (χ4n) is 2.15. The van der Waals surface area contributed by atoms with Crippen LogP contribution in [0.2, 0.25) is 5.02 Å². The predicted octanol–water partition coefficient (Wildman–Crippen LogP) is 3.65. The molecule has 0 atom stereocenters. The number of thiophene rings is 1. The topological polar surface area (TPSA) is 82.2 Å². The second-order valence-corrected chi connectivity index (χ2v) is 6.08. The molecule has 8 heteroatoms. The first kappa shape index (κ1) is 15.5. The van der Waals surface area contributed by atoms with Crippen LogP contribution in [0, 0.1) is 5.82 Å². The maximum Gasteiger partial charge on any atom is 0.338 e. The van der Waals surface area contributed by atoms with Gasteiger partial charge in [-0.3, -0.25) is 4.79 Å². The Hall–Kier alpha value is -2.38. The first-order valence-corrected chi connectivity index (χ1v) is 7.77. The Bertz CT molecular complexity index is 898. The molecule has 2 aromatic heterocycles. The lowest BCUT2D eigenvalue weighted by Crippen LogP contribution is -2.23. The molecule has 0 aliphatic heterocycles. The summed E-state index contributed by atoms with van der Waals surface area (Å²) >= 11 is 7.13. The third-order valence-corrected chi connectivity index (χ3v) is 4.60. The van der Waals surface area contributed by atoms with Crippen molar-refractivity contribution in [1.82, 2.24) is 10.3 Å². The molecule has 0 bridgehead atoms. The van der Waals surface area contributed by atoms with Crippen molar-refractivity contribution in [3.63, 3.8) is 0 Å². The minimum absolute atomic E-state index is 0.0667. The van der Waals surface area contributed by atoms with Crippen LogP contribution in [0.1, 0.15) is 26.4 Å². The van der Waals surface area contributed by atoms with Gasteiger partial charge >= 0.3 is 5.97 Å². The molecule has 23 heavy (non-hydrogen) atoms. The molecule has 1 aromatic carbocycles. The van der Waals surface area contributed by atoms with E-state index < -0.39 is 17.7 Å². The number of carboxylic acid groups (broad SMARTS) is 1. The number of aromatic carboxylic acids is 1. The first-order chi connectivity index (χ1) is 11.0. The van der Waals surface area contributed by atoms with Gasteiger partial charge in [-0.15, -0.1) is 11.3 Å². The Kier molecular flexibility index (Phi) is 4.06. The lowest BCUT2D eigenvalue weighted by Gasteiger charge is -2.07. The van der Waals surface area contributed by atoms with Crippen molar-refractivity contribution < 1.29 is 19.1 Å². The van der Waals surface area contributed by atoms with Crippen LogP contribution in [0.15, 0.2) is 29.6 Å². The highest BCUT2D eigenvalue weighted by molar-refractivity contribution is 7.17. The number of carbonyl (C=O) groups is 2. The van der Waals surface area contributed by atoms with E-state index in [1.54, 1.807) is 6.07 Å². The number of rotatable bonds is 4. The highest BCUT2D eigenvalue weighted by Gasteiger charge is 2.17. The van der Waals surface area contributed by atoms with Gasteiger partial charge in [0.25, 0.3) is 5.91 Å². The summed E-state index contributed by atoms with van der Waals surface area (Å²) in [6.45, 7) is -0.0667. The fourth-order valence-corrected chi connectivity index (χ4v) is 3.31. The van der Waals surface area contributed by atoms with Crippen molar-refractivity contribution in [2.45, 2.75) is 6.54 Å². The van der Waals surface area contributed by atoms with Crippen LogP contribution in [0.5, 0.6) is 0 Å². The lowest BCUT2D eigenvalue weighted by molar-refractivity contribution is 0.0699. The van der Waals surface area contributed by atoms with E-state index in [2.05, 4.69) is 10.3 Å². The van der Waals surface area contributed by atoms with Crippen molar-refractivity contribution in [3.05, 3.63) is 57.3 Å². The zero-order chi connectivity index (χ0) is 16.6. The number of amides is 1. The summed E-state index contributed by atoms with van der Waals surface area (Å²) in [6, 6.07) is 5.84. The Morgan fingerprint density at radius 1 is 1.39 bits per heavy atom. The van der Waals surface area contributed by atoms with Crippen LogP contribution in [0.25, 0.3) is 10.2 Å². The largest absolute Gasteiger partial charge is 0.478 e. The Morgan fingerprint density at radius 2 is 2.17 bits per heavy atom. The van der Waals surface area contributed by atoms with E-state index >= 15 is 0 Å². The van der Waals surface area contributed by atoms with E-state index in [9.17, 15) is 14.0 Å². The summed E-state index contributed by atoms with van der Waals surface area (Å²) in [5, 5.41) is 13.4. The highest BCUT2D eigenvalue weighted by Crippen LogP contribution is 2.26. The van der Waals surface area contributed by atoms with E-state index in [0.29, 0.717) is 10.2 Å². The average molecular weight is 353 g/mol. The molecule has 0 fully saturated rings. The van der Waals surface area contributed by atoms with Gasteiger partial charge in [0, 0.05) is 22.5 Å². The maximum absolute atomic E-state index is 13.7. The number of aromatic nitrogens is 1. The quantitative estimate of drug-likeness (QED) is 0.670. The molecule has 0 aliphatic rings. The van der Waals surface area contributed by atoms with Crippen molar-refractivity contribution in [1.29, 1.82) is 0 Å². The van der Waals surface area contributed by atoms with Crippen LogP contribution >= 0.6 is 22.9 Å². The van der Waals surface area contributed by atoms with Gasteiger partial charge in [-0.2, -0.15) is 0 Å². The van der Waals surface area contributed by atoms with Gasteiger partial charge in [0.2, 0.25) is 0 Å². The van der Waals surface area contributed by atoms with E-state index in [1.807, 2.05) is 0 Å². The number of halogens is 2. The molecule has 0 unspecified atom stereocenters. The van der Waals surface area contributed by atoms with Gasteiger partial charge in [-0.05, 0) is 18.2 Å². The summed E-state index contributed by atoms with van der Waals surface area (Å²) < 4.78 is 14.3. The minimum atomic E-state index is -1.07. The molecule has 0 saturated heterocycles. The van der Waals surface area contributed by atoms with Crippen LogP contribution < -0.4 is 5.32 Å². The van der Waals surface area contributed by atoms with Crippen LogP contribution in [0.4, 0.5) is 4.39 Å². The molecule has 3 N–H and O–H groups in total.